The quantitative estimate of drug-likeness (QED) is 0.653. The summed E-state index contributed by atoms with van der Waals surface area (Å²) in [5.74, 6) is 1.76. The highest BCUT2D eigenvalue weighted by Crippen LogP contribution is 2.36. The van der Waals surface area contributed by atoms with E-state index >= 15 is 0 Å². The Morgan fingerprint density at radius 2 is 1.68 bits per heavy atom. The van der Waals surface area contributed by atoms with Gasteiger partial charge in [-0.15, -0.1) is 0 Å². The summed E-state index contributed by atoms with van der Waals surface area (Å²) in [7, 11) is 0. The monoisotopic (exact) mass is 359 g/mol. The second-order valence-electron chi connectivity index (χ2n) is 5.73. The van der Waals surface area contributed by atoms with Gasteiger partial charge in [-0.2, -0.15) is 5.26 Å². The van der Waals surface area contributed by atoms with Gasteiger partial charge in [0.05, 0.1) is 23.3 Å². The number of hydrogen-bond acceptors (Lipinski definition) is 4. The van der Waals surface area contributed by atoms with E-state index in [0.717, 1.165) is 16.9 Å². The van der Waals surface area contributed by atoms with Crippen LogP contribution >= 0.6 is 11.6 Å². The molecule has 0 saturated carbocycles. The van der Waals surface area contributed by atoms with Crippen LogP contribution in [0.4, 0.5) is 0 Å². The summed E-state index contributed by atoms with van der Waals surface area (Å²) in [6.45, 7) is 9.17. The molecule has 2 rings (SSSR count). The topological polar surface area (TPSA) is 51.5 Å². The summed E-state index contributed by atoms with van der Waals surface area (Å²) in [5.41, 5.74) is 3.91. The number of halogens is 1. The average Bonchev–Trinajstić information content (AvgIpc) is 2.57. The van der Waals surface area contributed by atoms with Crippen LogP contribution in [0.25, 0.3) is 0 Å². The third-order valence-electron chi connectivity index (χ3n) is 3.79. The third kappa shape index (κ3) is 4.80. The van der Waals surface area contributed by atoms with Gasteiger partial charge in [-0.25, -0.2) is 0 Å². The van der Waals surface area contributed by atoms with Gasteiger partial charge in [0, 0.05) is 6.07 Å². The van der Waals surface area contributed by atoms with Gasteiger partial charge >= 0.3 is 0 Å². The zero-order chi connectivity index (χ0) is 18.4. The smallest absolute Gasteiger partial charge is 0.179 e. The third-order valence-corrected chi connectivity index (χ3v) is 4.07. The molecule has 0 spiro atoms. The molecule has 0 aliphatic carbocycles. The first-order valence-corrected chi connectivity index (χ1v) is 8.54. The van der Waals surface area contributed by atoms with Gasteiger partial charge in [-0.3, -0.25) is 0 Å². The molecule has 0 heterocycles. The lowest BCUT2D eigenvalue weighted by molar-refractivity contribution is 0.207. The van der Waals surface area contributed by atoms with Crippen molar-refractivity contribution in [1.82, 2.24) is 0 Å². The van der Waals surface area contributed by atoms with Gasteiger partial charge in [0.15, 0.2) is 11.5 Å². The number of hydrogen-bond donors (Lipinski definition) is 0. The van der Waals surface area contributed by atoms with Crippen LogP contribution in [0, 0.1) is 32.1 Å². The van der Waals surface area contributed by atoms with E-state index in [1.807, 2.05) is 26.8 Å². The fraction of sp³-hybridized carbons (Fsp3) is 0.350. The molecule has 25 heavy (non-hydrogen) atoms. The van der Waals surface area contributed by atoms with Gasteiger partial charge in [0.25, 0.3) is 0 Å². The molecule has 132 valence electrons. The molecular weight excluding hydrogens is 338 g/mol. The van der Waals surface area contributed by atoms with Crippen molar-refractivity contribution < 1.29 is 14.2 Å². The van der Waals surface area contributed by atoms with Crippen molar-refractivity contribution in [3.63, 3.8) is 0 Å². The zero-order valence-corrected chi connectivity index (χ0v) is 15.7. The molecule has 0 fully saturated rings. The van der Waals surface area contributed by atoms with Gasteiger partial charge in [0.1, 0.15) is 19.0 Å². The number of benzene rings is 2. The van der Waals surface area contributed by atoms with Crippen molar-refractivity contribution in [2.24, 2.45) is 0 Å². The van der Waals surface area contributed by atoms with Crippen molar-refractivity contribution in [1.29, 1.82) is 5.26 Å². The molecule has 0 aromatic heterocycles. The van der Waals surface area contributed by atoms with Crippen LogP contribution in [0.2, 0.25) is 5.02 Å². The summed E-state index contributed by atoms with van der Waals surface area (Å²) >= 11 is 6.21. The lowest BCUT2D eigenvalue weighted by Crippen LogP contribution is -2.11. The Kier molecular flexibility index (Phi) is 6.55. The molecule has 4 nitrogen and oxygen atoms in total. The van der Waals surface area contributed by atoms with E-state index in [0.29, 0.717) is 41.9 Å². The highest BCUT2D eigenvalue weighted by atomic mass is 35.5. The van der Waals surface area contributed by atoms with Crippen molar-refractivity contribution in [2.75, 3.05) is 19.8 Å². The van der Waals surface area contributed by atoms with Crippen molar-refractivity contribution in [2.45, 2.75) is 27.7 Å². The van der Waals surface area contributed by atoms with Gasteiger partial charge in [0.2, 0.25) is 0 Å². The summed E-state index contributed by atoms with van der Waals surface area (Å²) < 4.78 is 17.1. The van der Waals surface area contributed by atoms with Crippen molar-refractivity contribution in [3.05, 3.63) is 51.5 Å². The maximum absolute atomic E-state index is 9.03. The lowest BCUT2D eigenvalue weighted by atomic mass is 10.1. The van der Waals surface area contributed by atoms with E-state index < -0.39 is 0 Å². The predicted octanol–water partition coefficient (Wildman–Crippen LogP) is 4.99. The summed E-state index contributed by atoms with van der Waals surface area (Å²) in [6.07, 6.45) is 0. The highest BCUT2D eigenvalue weighted by molar-refractivity contribution is 6.32. The van der Waals surface area contributed by atoms with Crippen molar-refractivity contribution >= 4 is 11.6 Å². The Bertz CT molecular complexity index is 797. The first-order valence-electron chi connectivity index (χ1n) is 8.16. The van der Waals surface area contributed by atoms with Crippen LogP contribution in [0.5, 0.6) is 17.2 Å². The molecular formula is C20H22ClNO3. The molecule has 0 aliphatic heterocycles. The van der Waals surface area contributed by atoms with E-state index in [1.165, 1.54) is 5.56 Å². The predicted molar refractivity (Wildman–Crippen MR) is 99.0 cm³/mol. The second-order valence-corrected chi connectivity index (χ2v) is 6.14. The average molecular weight is 360 g/mol. The summed E-state index contributed by atoms with van der Waals surface area (Å²) in [4.78, 5) is 0. The fourth-order valence-electron chi connectivity index (χ4n) is 2.48. The minimum absolute atomic E-state index is 0.318. The van der Waals surface area contributed by atoms with Crippen LogP contribution < -0.4 is 14.2 Å². The summed E-state index contributed by atoms with van der Waals surface area (Å²) in [5, 5.41) is 9.38. The molecule has 2 aromatic carbocycles. The van der Waals surface area contributed by atoms with Crippen LogP contribution in [0.1, 0.15) is 29.2 Å². The van der Waals surface area contributed by atoms with Gasteiger partial charge in [-0.1, -0.05) is 17.7 Å². The Morgan fingerprint density at radius 3 is 2.36 bits per heavy atom. The van der Waals surface area contributed by atoms with E-state index in [2.05, 4.69) is 19.1 Å². The van der Waals surface area contributed by atoms with Gasteiger partial charge < -0.3 is 14.2 Å². The number of nitrogens with zero attached hydrogens (tertiary/aromatic N) is 1. The Balaban J connectivity index is 2.04. The maximum atomic E-state index is 9.03. The lowest BCUT2D eigenvalue weighted by Gasteiger charge is -2.15. The van der Waals surface area contributed by atoms with Crippen LogP contribution in [0.15, 0.2) is 24.3 Å². The normalized spacial score (nSPS) is 10.2. The number of ether oxygens (including phenoxy) is 3. The van der Waals surface area contributed by atoms with E-state index in [9.17, 15) is 0 Å². The Hall–Kier alpha value is -2.38. The molecule has 0 unspecified atom stereocenters. The molecule has 0 N–H and O–H groups in total. The minimum atomic E-state index is 0.318. The van der Waals surface area contributed by atoms with Gasteiger partial charge in [-0.05, 0) is 56.5 Å². The Morgan fingerprint density at radius 1 is 0.960 bits per heavy atom. The minimum Gasteiger partial charge on any atom is -0.490 e. The summed E-state index contributed by atoms with van der Waals surface area (Å²) in [6, 6.07) is 9.39. The number of aryl methyl sites for hydroxylation is 2. The van der Waals surface area contributed by atoms with Crippen LogP contribution in [-0.4, -0.2) is 19.8 Å². The zero-order valence-electron chi connectivity index (χ0n) is 15.0. The number of rotatable bonds is 7. The van der Waals surface area contributed by atoms with Crippen LogP contribution in [-0.2, 0) is 0 Å². The fourth-order valence-corrected chi connectivity index (χ4v) is 2.75. The molecule has 0 saturated heterocycles. The SMILES string of the molecule is CCOc1cc(C#N)cc(Cl)c1OCCOc1cc(C)cc(C)c1C. The molecule has 0 atom stereocenters. The second kappa shape index (κ2) is 8.64. The van der Waals surface area contributed by atoms with E-state index in [-0.39, 0.29) is 0 Å². The molecule has 0 radical (unpaired) electrons. The first-order chi connectivity index (χ1) is 12.0. The molecule has 0 aliphatic rings. The standard InChI is InChI=1S/C20H22ClNO3/c1-5-23-19-11-16(12-22)10-17(21)20(19)25-7-6-24-18-9-13(2)8-14(3)15(18)4/h8-11H,5-7H2,1-4H3. The van der Waals surface area contributed by atoms with E-state index in [1.54, 1.807) is 12.1 Å². The molecule has 2 aromatic rings. The largest absolute Gasteiger partial charge is 0.490 e. The Labute approximate surface area is 153 Å². The molecule has 0 amide bonds. The molecule has 5 heteroatoms. The van der Waals surface area contributed by atoms with E-state index in [4.69, 9.17) is 31.1 Å². The maximum Gasteiger partial charge on any atom is 0.179 e. The number of nitriles is 1. The first kappa shape index (κ1) is 19.0. The highest BCUT2D eigenvalue weighted by Gasteiger charge is 2.13. The van der Waals surface area contributed by atoms with Crippen molar-refractivity contribution in [3.8, 4) is 23.3 Å². The molecule has 0 bridgehead atoms. The van der Waals surface area contributed by atoms with Crippen LogP contribution in [0.3, 0.4) is 0 Å².